The maximum Gasteiger partial charge on any atom is 0.250 e. The minimum Gasteiger partial charge on any atom is -0.272 e. The smallest absolute Gasteiger partial charge is 0.250 e. The summed E-state index contributed by atoms with van der Waals surface area (Å²) in [5, 5.41) is 12.6. The van der Waals surface area contributed by atoms with Crippen molar-refractivity contribution >= 4 is 64.7 Å². The number of benzene rings is 2. The van der Waals surface area contributed by atoms with Crippen molar-refractivity contribution in [2.45, 2.75) is 21.4 Å². The summed E-state index contributed by atoms with van der Waals surface area (Å²) in [6.07, 6.45) is 3.17. The molecule has 0 saturated carbocycles. The number of aromatic nitrogens is 2. The molecular formula is C21H19ClN4OS3. The zero-order chi connectivity index (χ0) is 21.2. The fraction of sp³-hybridized carbons (Fsp3) is 0.143. The van der Waals surface area contributed by atoms with Crippen molar-refractivity contribution in [3.63, 3.8) is 0 Å². The number of hydrogen-bond acceptors (Lipinski definition) is 7. The highest BCUT2D eigenvalue weighted by Crippen LogP contribution is 2.30. The third kappa shape index (κ3) is 7.95. The number of carbonyl (C=O) groups is 1. The summed E-state index contributed by atoms with van der Waals surface area (Å²) in [7, 11) is 0. The maximum atomic E-state index is 11.9. The van der Waals surface area contributed by atoms with Crippen LogP contribution >= 0.6 is 46.5 Å². The first-order valence-corrected chi connectivity index (χ1v) is 12.1. The molecule has 0 aliphatic heterocycles. The summed E-state index contributed by atoms with van der Waals surface area (Å²) < 4.78 is 1.64. The zero-order valence-corrected chi connectivity index (χ0v) is 19.3. The minimum atomic E-state index is -0.232. The lowest BCUT2D eigenvalue weighted by molar-refractivity contribution is -0.118. The molecule has 3 rings (SSSR count). The SMILES string of the molecule is Cc1ccc(CSc2nnc(SCC(=O)NN=CC(Cl)=Cc3ccccc3)s2)cc1. The van der Waals surface area contributed by atoms with Crippen molar-refractivity contribution in [2.75, 3.05) is 5.75 Å². The first kappa shape index (κ1) is 22.6. The van der Waals surface area contributed by atoms with Crippen LogP contribution in [0.3, 0.4) is 0 Å². The molecular weight excluding hydrogens is 456 g/mol. The van der Waals surface area contributed by atoms with Crippen molar-refractivity contribution in [2.24, 2.45) is 5.10 Å². The minimum absolute atomic E-state index is 0.203. The third-order valence-electron chi connectivity index (χ3n) is 3.68. The molecule has 3 aromatic rings. The highest BCUT2D eigenvalue weighted by atomic mass is 35.5. The van der Waals surface area contributed by atoms with Gasteiger partial charge in [-0.05, 0) is 24.1 Å². The van der Waals surface area contributed by atoms with Gasteiger partial charge in [0.25, 0.3) is 5.91 Å². The Kier molecular flexibility index (Phi) is 8.95. The van der Waals surface area contributed by atoms with Gasteiger partial charge in [0.05, 0.1) is 17.0 Å². The molecule has 9 heteroatoms. The quantitative estimate of drug-likeness (QED) is 0.248. The van der Waals surface area contributed by atoms with Crippen LogP contribution in [0, 0.1) is 6.92 Å². The van der Waals surface area contributed by atoms with Crippen LogP contribution in [-0.4, -0.2) is 28.1 Å². The molecule has 1 amide bonds. The van der Waals surface area contributed by atoms with Crippen molar-refractivity contribution in [1.29, 1.82) is 0 Å². The Morgan fingerprint density at radius 1 is 1.10 bits per heavy atom. The van der Waals surface area contributed by atoms with E-state index in [1.54, 1.807) is 17.8 Å². The van der Waals surface area contributed by atoms with Gasteiger partial charge < -0.3 is 0 Å². The van der Waals surface area contributed by atoms with E-state index < -0.39 is 0 Å². The Hall–Kier alpha value is -2.13. The topological polar surface area (TPSA) is 67.2 Å². The Labute approximate surface area is 193 Å². The average Bonchev–Trinajstić information content (AvgIpc) is 3.20. The van der Waals surface area contributed by atoms with Crippen LogP contribution in [0.4, 0.5) is 0 Å². The van der Waals surface area contributed by atoms with Crippen molar-refractivity contribution in [3.8, 4) is 0 Å². The number of rotatable bonds is 9. The summed E-state index contributed by atoms with van der Waals surface area (Å²) in [5.41, 5.74) is 5.91. The predicted molar refractivity (Wildman–Crippen MR) is 128 cm³/mol. The molecule has 0 atom stereocenters. The van der Waals surface area contributed by atoms with Crippen LogP contribution in [-0.2, 0) is 10.5 Å². The lowest BCUT2D eigenvalue weighted by Gasteiger charge is -1.99. The molecule has 0 unspecified atom stereocenters. The van der Waals surface area contributed by atoms with Gasteiger partial charge in [-0.1, -0.05) is 107 Å². The number of hydrogen-bond donors (Lipinski definition) is 1. The van der Waals surface area contributed by atoms with Crippen LogP contribution < -0.4 is 5.43 Å². The number of thioether (sulfide) groups is 2. The van der Waals surface area contributed by atoms with Crippen LogP contribution in [0.15, 0.2) is 73.4 Å². The van der Waals surface area contributed by atoms with E-state index in [2.05, 4.69) is 51.9 Å². The van der Waals surface area contributed by atoms with Crippen molar-refractivity contribution in [1.82, 2.24) is 15.6 Å². The number of aryl methyl sites for hydroxylation is 1. The summed E-state index contributed by atoms with van der Waals surface area (Å²) in [4.78, 5) is 11.9. The van der Waals surface area contributed by atoms with E-state index in [0.29, 0.717) is 5.03 Å². The lowest BCUT2D eigenvalue weighted by Crippen LogP contribution is -2.19. The Morgan fingerprint density at radius 3 is 2.53 bits per heavy atom. The second-order valence-corrected chi connectivity index (χ2v) is 9.99. The first-order valence-electron chi connectivity index (χ1n) is 8.97. The van der Waals surface area contributed by atoms with E-state index in [0.717, 1.165) is 20.0 Å². The molecule has 0 fully saturated rings. The lowest BCUT2D eigenvalue weighted by atomic mass is 10.2. The molecule has 0 aliphatic rings. The van der Waals surface area contributed by atoms with Gasteiger partial charge in [-0.15, -0.1) is 10.2 Å². The summed E-state index contributed by atoms with van der Waals surface area (Å²) in [6.45, 7) is 2.07. The van der Waals surface area contributed by atoms with Crippen molar-refractivity contribution in [3.05, 3.63) is 76.3 Å². The molecule has 1 heterocycles. The van der Waals surface area contributed by atoms with E-state index in [1.165, 1.54) is 40.4 Å². The number of halogens is 1. The van der Waals surface area contributed by atoms with Crippen molar-refractivity contribution < 1.29 is 4.79 Å². The number of carbonyl (C=O) groups excluding carboxylic acids is 1. The fourth-order valence-electron chi connectivity index (χ4n) is 2.21. The highest BCUT2D eigenvalue weighted by molar-refractivity contribution is 8.03. The number of nitrogens with one attached hydrogen (secondary N) is 1. The van der Waals surface area contributed by atoms with E-state index in [1.807, 2.05) is 30.3 Å². The zero-order valence-electron chi connectivity index (χ0n) is 16.1. The van der Waals surface area contributed by atoms with Gasteiger partial charge in [0.15, 0.2) is 8.68 Å². The van der Waals surface area contributed by atoms with Gasteiger partial charge in [0.1, 0.15) is 0 Å². The summed E-state index contributed by atoms with van der Waals surface area (Å²) >= 11 is 10.5. The van der Waals surface area contributed by atoms with Gasteiger partial charge >= 0.3 is 0 Å². The molecule has 0 saturated heterocycles. The standard InChI is InChI=1S/C21H19ClN4OS3/c1-15-7-9-17(10-8-15)13-28-20-25-26-21(30-20)29-14-19(27)24-23-12-18(22)11-16-5-3-2-4-6-16/h2-12H,13-14H2,1H3,(H,24,27). The van der Waals surface area contributed by atoms with Crippen LogP contribution in [0.2, 0.25) is 0 Å². The van der Waals surface area contributed by atoms with Crippen LogP contribution in [0.1, 0.15) is 16.7 Å². The van der Waals surface area contributed by atoms with E-state index in [-0.39, 0.29) is 11.7 Å². The highest BCUT2D eigenvalue weighted by Gasteiger charge is 2.08. The number of amides is 1. The monoisotopic (exact) mass is 474 g/mol. The molecule has 0 aliphatic carbocycles. The van der Waals surface area contributed by atoms with E-state index in [9.17, 15) is 4.79 Å². The van der Waals surface area contributed by atoms with Gasteiger partial charge in [-0.2, -0.15) is 5.10 Å². The molecule has 0 radical (unpaired) electrons. The third-order valence-corrected chi connectivity index (χ3v) is 7.15. The van der Waals surface area contributed by atoms with Crippen LogP contribution in [0.25, 0.3) is 6.08 Å². The largest absolute Gasteiger partial charge is 0.272 e. The Bertz CT molecular complexity index is 1020. The second-order valence-electron chi connectivity index (χ2n) is 6.13. The second kappa shape index (κ2) is 11.9. The van der Waals surface area contributed by atoms with E-state index >= 15 is 0 Å². The predicted octanol–water partition coefficient (Wildman–Crippen LogP) is 5.61. The first-order chi connectivity index (χ1) is 14.6. The Morgan fingerprint density at radius 2 is 1.80 bits per heavy atom. The molecule has 0 spiro atoms. The summed E-state index contributed by atoms with van der Waals surface area (Å²) in [6, 6.07) is 18.1. The number of hydrazone groups is 1. The van der Waals surface area contributed by atoms with E-state index in [4.69, 9.17) is 11.6 Å². The molecule has 1 aromatic heterocycles. The molecule has 0 bridgehead atoms. The number of nitrogens with zero attached hydrogens (tertiary/aromatic N) is 3. The Balaban J connectivity index is 1.39. The maximum absolute atomic E-state index is 11.9. The fourth-order valence-corrected chi connectivity index (χ4v) is 5.16. The van der Waals surface area contributed by atoms with Gasteiger partial charge in [-0.3, -0.25) is 4.79 Å². The average molecular weight is 475 g/mol. The molecule has 30 heavy (non-hydrogen) atoms. The molecule has 154 valence electrons. The summed E-state index contributed by atoms with van der Waals surface area (Å²) in [5.74, 6) is 0.810. The molecule has 5 nitrogen and oxygen atoms in total. The van der Waals surface area contributed by atoms with Gasteiger partial charge in [0.2, 0.25) is 0 Å². The normalized spacial score (nSPS) is 11.7. The van der Waals surface area contributed by atoms with Crippen LogP contribution in [0.5, 0.6) is 0 Å². The van der Waals surface area contributed by atoms with Gasteiger partial charge in [-0.25, -0.2) is 5.43 Å². The van der Waals surface area contributed by atoms with Gasteiger partial charge in [0, 0.05) is 5.75 Å². The molecule has 1 N–H and O–H groups in total. The number of allylic oxidation sites excluding steroid dienone is 1. The molecule has 2 aromatic carbocycles.